The summed E-state index contributed by atoms with van der Waals surface area (Å²) in [4.78, 5) is 24.4. The molecule has 0 saturated heterocycles. The molecule has 0 spiro atoms. The van der Waals surface area contributed by atoms with E-state index in [1.165, 1.54) is 6.08 Å². The lowest BCUT2D eigenvalue weighted by molar-refractivity contribution is -0.111. The first-order valence-electron chi connectivity index (χ1n) is 10.2. The molecule has 2 aliphatic rings. The summed E-state index contributed by atoms with van der Waals surface area (Å²) >= 11 is 0. The van der Waals surface area contributed by atoms with Crippen molar-refractivity contribution in [2.45, 2.75) is 12.5 Å². The summed E-state index contributed by atoms with van der Waals surface area (Å²) in [7, 11) is 0. The number of primary amides is 1. The predicted octanol–water partition coefficient (Wildman–Crippen LogP) is 2.91. The number of amides is 2. The van der Waals surface area contributed by atoms with E-state index in [9.17, 15) is 9.59 Å². The lowest BCUT2D eigenvalue weighted by Gasteiger charge is -2.28. The summed E-state index contributed by atoms with van der Waals surface area (Å²) in [6.07, 6.45) is 1.93. The number of rotatable bonds is 5. The second-order valence-electron chi connectivity index (χ2n) is 7.46. The zero-order valence-electron chi connectivity index (χ0n) is 17.1. The molecule has 162 valence electrons. The number of para-hydroxylation sites is 1. The Morgan fingerprint density at radius 3 is 2.84 bits per heavy atom. The minimum atomic E-state index is -0.583. The first kappa shape index (κ1) is 19.7. The van der Waals surface area contributed by atoms with Gasteiger partial charge in [0.1, 0.15) is 17.1 Å². The van der Waals surface area contributed by atoms with Crippen LogP contribution in [0.5, 0.6) is 11.5 Å². The molecule has 1 aromatic heterocycles. The number of ether oxygens (including phenoxy) is 2. The normalized spacial score (nSPS) is 16.1. The van der Waals surface area contributed by atoms with Gasteiger partial charge in [0.05, 0.1) is 6.04 Å². The van der Waals surface area contributed by atoms with Crippen LogP contribution in [-0.2, 0) is 4.79 Å². The van der Waals surface area contributed by atoms with Gasteiger partial charge in [-0.05, 0) is 36.8 Å². The summed E-state index contributed by atoms with van der Waals surface area (Å²) in [6.45, 7) is 4.28. The molecule has 0 bridgehead atoms. The highest BCUT2D eigenvalue weighted by Crippen LogP contribution is 2.41. The summed E-state index contributed by atoms with van der Waals surface area (Å²) in [6, 6.07) is 12.7. The van der Waals surface area contributed by atoms with Gasteiger partial charge >= 0.3 is 0 Å². The molecule has 1 atom stereocenters. The fourth-order valence-corrected chi connectivity index (χ4v) is 4.13. The van der Waals surface area contributed by atoms with Crippen molar-refractivity contribution < 1.29 is 19.1 Å². The monoisotopic (exact) mass is 431 g/mol. The van der Waals surface area contributed by atoms with Gasteiger partial charge in [-0.25, -0.2) is 4.68 Å². The zero-order chi connectivity index (χ0) is 22.2. The van der Waals surface area contributed by atoms with Crippen molar-refractivity contribution >= 4 is 23.3 Å². The molecule has 2 amide bonds. The Balaban J connectivity index is 1.63. The minimum Gasteiger partial charge on any atom is -0.454 e. The highest BCUT2D eigenvalue weighted by Gasteiger charge is 2.32. The van der Waals surface area contributed by atoms with Gasteiger partial charge < -0.3 is 25.8 Å². The molecule has 0 saturated carbocycles. The van der Waals surface area contributed by atoms with Gasteiger partial charge in [0, 0.05) is 23.4 Å². The van der Waals surface area contributed by atoms with E-state index in [0.717, 1.165) is 5.56 Å². The van der Waals surface area contributed by atoms with E-state index in [4.69, 9.17) is 20.3 Å². The Bertz CT molecular complexity index is 1250. The second kappa shape index (κ2) is 7.77. The quantitative estimate of drug-likeness (QED) is 0.534. The molecule has 9 heteroatoms. The van der Waals surface area contributed by atoms with Crippen molar-refractivity contribution in [2.24, 2.45) is 5.73 Å². The average molecular weight is 431 g/mol. The number of nitrogens with one attached hydrogen (secondary N) is 2. The van der Waals surface area contributed by atoms with Crippen LogP contribution in [0.25, 0.3) is 11.3 Å². The van der Waals surface area contributed by atoms with E-state index in [-0.39, 0.29) is 18.7 Å². The van der Waals surface area contributed by atoms with E-state index in [2.05, 4.69) is 17.2 Å². The third kappa shape index (κ3) is 3.24. The zero-order valence-corrected chi connectivity index (χ0v) is 17.1. The molecule has 32 heavy (non-hydrogen) atoms. The van der Waals surface area contributed by atoms with Gasteiger partial charge in [-0.3, -0.25) is 9.59 Å². The lowest BCUT2D eigenvalue weighted by atomic mass is 9.99. The largest absolute Gasteiger partial charge is 0.454 e. The van der Waals surface area contributed by atoms with E-state index in [1.807, 2.05) is 30.3 Å². The van der Waals surface area contributed by atoms with Gasteiger partial charge in [-0.2, -0.15) is 5.10 Å². The third-order valence-corrected chi connectivity index (χ3v) is 5.57. The third-order valence-electron chi connectivity index (χ3n) is 5.57. The van der Waals surface area contributed by atoms with Crippen LogP contribution in [0.4, 0.5) is 11.5 Å². The molecule has 9 nitrogen and oxygen atoms in total. The number of fused-ring (bicyclic) bond motifs is 2. The van der Waals surface area contributed by atoms with E-state index in [1.54, 1.807) is 16.8 Å². The fraction of sp³-hybridized carbons (Fsp3) is 0.174. The van der Waals surface area contributed by atoms with E-state index in [0.29, 0.717) is 52.8 Å². The van der Waals surface area contributed by atoms with Gasteiger partial charge in [0.15, 0.2) is 11.5 Å². The highest BCUT2D eigenvalue weighted by molar-refractivity contribution is 6.04. The number of nitrogens with two attached hydrogens (primary N) is 1. The Morgan fingerprint density at radius 2 is 2.03 bits per heavy atom. The summed E-state index contributed by atoms with van der Waals surface area (Å²) < 4.78 is 12.6. The maximum absolute atomic E-state index is 12.5. The molecule has 0 fully saturated rings. The average Bonchev–Trinajstić information content (AvgIpc) is 3.43. The molecule has 2 aromatic carbocycles. The molecular weight excluding hydrogens is 410 g/mol. The topological polar surface area (TPSA) is 120 Å². The van der Waals surface area contributed by atoms with Crippen LogP contribution < -0.4 is 25.8 Å². The molecular formula is C23H21N5O4. The molecule has 1 unspecified atom stereocenters. The van der Waals surface area contributed by atoms with Crippen molar-refractivity contribution in [2.75, 3.05) is 24.0 Å². The lowest BCUT2D eigenvalue weighted by Crippen LogP contribution is -2.27. The van der Waals surface area contributed by atoms with E-state index >= 15 is 0 Å². The molecule has 0 radical (unpaired) electrons. The first-order chi connectivity index (χ1) is 15.6. The molecule has 4 N–H and O–H groups in total. The fourth-order valence-electron chi connectivity index (χ4n) is 4.13. The number of hydrogen-bond acceptors (Lipinski definition) is 6. The first-order valence-corrected chi connectivity index (χ1v) is 10.2. The van der Waals surface area contributed by atoms with Crippen LogP contribution >= 0.6 is 0 Å². The van der Waals surface area contributed by atoms with Gasteiger partial charge in [-0.15, -0.1) is 0 Å². The minimum absolute atomic E-state index is 0.151. The van der Waals surface area contributed by atoms with Crippen LogP contribution in [0.3, 0.4) is 0 Å². The second-order valence-corrected chi connectivity index (χ2v) is 7.46. The SMILES string of the molecule is C=CC(=O)Nc1ccccc1C1CCNc2c(C(N)=O)c(-c3ccc4c(c3)OCO4)nn21. The highest BCUT2D eigenvalue weighted by atomic mass is 16.7. The number of carbonyl (C=O) groups is 2. The van der Waals surface area contributed by atoms with Crippen LogP contribution in [0, 0.1) is 0 Å². The number of nitrogens with zero attached hydrogens (tertiary/aromatic N) is 2. The smallest absolute Gasteiger partial charge is 0.254 e. The Kier molecular flexibility index (Phi) is 4.78. The number of hydrogen-bond donors (Lipinski definition) is 3. The van der Waals surface area contributed by atoms with Crippen molar-refractivity contribution in [1.82, 2.24) is 9.78 Å². The molecule has 2 aliphatic heterocycles. The van der Waals surface area contributed by atoms with Crippen molar-refractivity contribution in [3.8, 4) is 22.8 Å². The van der Waals surface area contributed by atoms with E-state index < -0.39 is 5.91 Å². The van der Waals surface area contributed by atoms with Crippen molar-refractivity contribution in [3.63, 3.8) is 0 Å². The maximum atomic E-state index is 12.5. The number of benzene rings is 2. The Labute approximate surface area is 183 Å². The maximum Gasteiger partial charge on any atom is 0.254 e. The van der Waals surface area contributed by atoms with Gasteiger partial charge in [-0.1, -0.05) is 24.8 Å². The summed E-state index contributed by atoms with van der Waals surface area (Å²) in [5.74, 6) is 0.893. The van der Waals surface area contributed by atoms with Crippen molar-refractivity contribution in [1.29, 1.82) is 0 Å². The predicted molar refractivity (Wildman–Crippen MR) is 119 cm³/mol. The Morgan fingerprint density at radius 1 is 1.22 bits per heavy atom. The molecule has 0 aliphatic carbocycles. The standard InChI is InChI=1S/C23H21N5O4/c1-2-19(29)26-15-6-4-3-5-14(15)16-9-10-25-23-20(22(24)30)21(27-28(16)23)13-7-8-17-18(11-13)32-12-31-17/h2-8,11,16,25H,1,9-10,12H2,(H2,24,30)(H,26,29). The van der Waals surface area contributed by atoms with Crippen LogP contribution in [0.15, 0.2) is 55.1 Å². The summed E-state index contributed by atoms with van der Waals surface area (Å²) in [5.41, 5.74) is 8.77. The Hall–Kier alpha value is -4.27. The van der Waals surface area contributed by atoms with Crippen LogP contribution in [0.1, 0.15) is 28.4 Å². The molecule has 3 aromatic rings. The number of anilines is 2. The van der Waals surface area contributed by atoms with Crippen molar-refractivity contribution in [3.05, 3.63) is 66.2 Å². The molecule has 5 rings (SSSR count). The number of aromatic nitrogens is 2. The van der Waals surface area contributed by atoms with Gasteiger partial charge in [0.25, 0.3) is 5.91 Å². The van der Waals surface area contributed by atoms with Crippen LogP contribution in [-0.4, -0.2) is 34.9 Å². The molecule has 3 heterocycles. The summed E-state index contributed by atoms with van der Waals surface area (Å²) in [5, 5.41) is 10.9. The number of carbonyl (C=O) groups excluding carboxylic acids is 2. The van der Waals surface area contributed by atoms with Gasteiger partial charge in [0.2, 0.25) is 12.7 Å². The van der Waals surface area contributed by atoms with Crippen LogP contribution in [0.2, 0.25) is 0 Å².